The topological polar surface area (TPSA) is 35.5 Å². The standard InChI is InChI=1S/C15H9ClO3/c16-13-10-6-2-4-8-12(10)18-15(13)11-7-3-1-5-9(11)14(17)19-15/h1-8,13H/t13-,15+/m0/s1. The van der Waals surface area contributed by atoms with Crippen LogP contribution in [-0.2, 0) is 10.5 Å². The van der Waals surface area contributed by atoms with Crippen molar-refractivity contribution >= 4 is 17.6 Å². The van der Waals surface area contributed by atoms with Crippen molar-refractivity contribution in [1.82, 2.24) is 0 Å². The number of carbonyl (C=O) groups excluding carboxylic acids is 1. The number of benzene rings is 2. The smallest absolute Gasteiger partial charge is 0.342 e. The minimum Gasteiger partial charge on any atom is -0.446 e. The van der Waals surface area contributed by atoms with Crippen molar-refractivity contribution in [3.8, 4) is 5.75 Å². The lowest BCUT2D eigenvalue weighted by Crippen LogP contribution is -2.33. The molecule has 0 aromatic heterocycles. The molecular formula is C15H9ClO3. The molecule has 94 valence electrons. The van der Waals surface area contributed by atoms with Gasteiger partial charge in [-0.15, -0.1) is 11.6 Å². The first-order valence-electron chi connectivity index (χ1n) is 5.97. The van der Waals surface area contributed by atoms with E-state index >= 15 is 0 Å². The Hall–Kier alpha value is -2.00. The summed E-state index contributed by atoms with van der Waals surface area (Å²) in [6, 6.07) is 14.7. The number of rotatable bonds is 0. The average Bonchev–Trinajstić information content (AvgIpc) is 2.88. The van der Waals surface area contributed by atoms with E-state index in [-0.39, 0.29) is 0 Å². The Morgan fingerprint density at radius 1 is 1.00 bits per heavy atom. The second kappa shape index (κ2) is 3.52. The van der Waals surface area contributed by atoms with Crippen molar-refractivity contribution in [2.24, 2.45) is 0 Å². The van der Waals surface area contributed by atoms with Crippen LogP contribution in [0.4, 0.5) is 0 Å². The zero-order valence-corrected chi connectivity index (χ0v) is 10.6. The van der Waals surface area contributed by atoms with E-state index in [2.05, 4.69) is 0 Å². The maximum atomic E-state index is 12.0. The van der Waals surface area contributed by atoms with Crippen molar-refractivity contribution in [2.75, 3.05) is 0 Å². The molecule has 0 saturated carbocycles. The van der Waals surface area contributed by atoms with E-state index in [1.807, 2.05) is 36.4 Å². The van der Waals surface area contributed by atoms with Crippen LogP contribution in [0.3, 0.4) is 0 Å². The summed E-state index contributed by atoms with van der Waals surface area (Å²) in [5.74, 6) is -0.958. The molecule has 0 radical (unpaired) electrons. The van der Waals surface area contributed by atoms with E-state index < -0.39 is 17.1 Å². The molecule has 3 nitrogen and oxygen atoms in total. The first kappa shape index (κ1) is 10.9. The highest BCUT2D eigenvalue weighted by atomic mass is 35.5. The van der Waals surface area contributed by atoms with Gasteiger partial charge in [0.05, 0.1) is 11.1 Å². The molecule has 0 aliphatic carbocycles. The summed E-state index contributed by atoms with van der Waals surface area (Å²) in [7, 11) is 0. The van der Waals surface area contributed by atoms with E-state index in [0.717, 1.165) is 5.56 Å². The number of para-hydroxylation sites is 1. The van der Waals surface area contributed by atoms with Crippen molar-refractivity contribution < 1.29 is 14.3 Å². The largest absolute Gasteiger partial charge is 0.446 e. The van der Waals surface area contributed by atoms with Crippen molar-refractivity contribution in [3.63, 3.8) is 0 Å². The molecule has 4 heteroatoms. The van der Waals surface area contributed by atoms with Gasteiger partial charge in [0.1, 0.15) is 11.1 Å². The Morgan fingerprint density at radius 3 is 2.58 bits per heavy atom. The molecule has 2 heterocycles. The monoisotopic (exact) mass is 272 g/mol. The molecule has 0 fully saturated rings. The molecule has 1 spiro atoms. The lowest BCUT2D eigenvalue weighted by atomic mass is 9.97. The fourth-order valence-electron chi connectivity index (χ4n) is 2.68. The van der Waals surface area contributed by atoms with Gasteiger partial charge in [-0.25, -0.2) is 4.79 Å². The van der Waals surface area contributed by atoms with E-state index in [1.54, 1.807) is 12.1 Å². The lowest BCUT2D eigenvalue weighted by molar-refractivity contribution is -0.129. The summed E-state index contributed by atoms with van der Waals surface area (Å²) in [4.78, 5) is 12.0. The summed E-state index contributed by atoms with van der Waals surface area (Å²) >= 11 is 6.50. The molecule has 19 heavy (non-hydrogen) atoms. The van der Waals surface area contributed by atoms with Crippen molar-refractivity contribution in [2.45, 2.75) is 11.2 Å². The van der Waals surface area contributed by atoms with Gasteiger partial charge in [-0.2, -0.15) is 0 Å². The second-order valence-electron chi connectivity index (χ2n) is 4.61. The Labute approximate surface area is 114 Å². The third kappa shape index (κ3) is 1.25. The summed E-state index contributed by atoms with van der Waals surface area (Å²) in [5.41, 5.74) is 2.05. The van der Waals surface area contributed by atoms with Gasteiger partial charge in [-0.1, -0.05) is 36.4 Å². The minimum atomic E-state index is -1.22. The molecule has 2 aromatic carbocycles. The fourth-order valence-corrected chi connectivity index (χ4v) is 3.07. The molecule has 2 atom stereocenters. The minimum absolute atomic E-state index is 0.394. The zero-order chi connectivity index (χ0) is 13.0. The van der Waals surface area contributed by atoms with Crippen LogP contribution in [0, 0.1) is 0 Å². The number of alkyl halides is 1. The SMILES string of the molecule is O=C1O[C@]2(Oc3ccccc3[C@@H]2Cl)c2ccccc21. The lowest BCUT2D eigenvalue weighted by Gasteiger charge is -2.25. The third-order valence-electron chi connectivity index (χ3n) is 3.55. The Balaban J connectivity index is 1.94. The molecule has 0 bridgehead atoms. The molecule has 4 rings (SSSR count). The van der Waals surface area contributed by atoms with Crippen LogP contribution in [0.15, 0.2) is 48.5 Å². The number of ether oxygens (including phenoxy) is 2. The van der Waals surface area contributed by atoms with Gasteiger partial charge >= 0.3 is 11.8 Å². The van der Waals surface area contributed by atoms with E-state index in [9.17, 15) is 4.79 Å². The van der Waals surface area contributed by atoms with Gasteiger partial charge in [0.25, 0.3) is 0 Å². The number of fused-ring (bicyclic) bond motifs is 3. The normalized spacial score (nSPS) is 26.8. The van der Waals surface area contributed by atoms with Crippen molar-refractivity contribution in [1.29, 1.82) is 0 Å². The highest BCUT2D eigenvalue weighted by Crippen LogP contribution is 2.56. The molecule has 0 amide bonds. The van der Waals surface area contributed by atoms with Crippen LogP contribution < -0.4 is 4.74 Å². The van der Waals surface area contributed by atoms with Gasteiger partial charge in [-0.3, -0.25) is 0 Å². The van der Waals surface area contributed by atoms with Gasteiger partial charge in [0.2, 0.25) is 0 Å². The van der Waals surface area contributed by atoms with Gasteiger partial charge in [0.15, 0.2) is 0 Å². The predicted molar refractivity (Wildman–Crippen MR) is 69.2 cm³/mol. The summed E-state index contributed by atoms with van der Waals surface area (Å²) in [6.45, 7) is 0. The van der Waals surface area contributed by atoms with E-state index in [4.69, 9.17) is 21.1 Å². The third-order valence-corrected chi connectivity index (χ3v) is 4.08. The number of carbonyl (C=O) groups is 1. The summed E-state index contributed by atoms with van der Waals surface area (Å²) < 4.78 is 11.4. The van der Waals surface area contributed by atoms with Crippen LogP contribution in [0.25, 0.3) is 0 Å². The highest BCUT2D eigenvalue weighted by Gasteiger charge is 2.58. The molecular weight excluding hydrogens is 264 g/mol. The Bertz CT molecular complexity index is 697. The molecule has 0 unspecified atom stereocenters. The summed E-state index contributed by atoms with van der Waals surface area (Å²) in [6.07, 6.45) is 0. The first-order valence-corrected chi connectivity index (χ1v) is 6.41. The van der Waals surface area contributed by atoms with E-state index in [1.165, 1.54) is 0 Å². The highest BCUT2D eigenvalue weighted by molar-refractivity contribution is 6.22. The van der Waals surface area contributed by atoms with Gasteiger partial charge < -0.3 is 9.47 Å². The maximum Gasteiger partial charge on any atom is 0.342 e. The fraction of sp³-hybridized carbons (Fsp3) is 0.133. The zero-order valence-electron chi connectivity index (χ0n) is 9.80. The van der Waals surface area contributed by atoms with E-state index in [0.29, 0.717) is 16.9 Å². The van der Waals surface area contributed by atoms with Crippen LogP contribution in [0.1, 0.15) is 26.9 Å². The quantitative estimate of drug-likeness (QED) is 0.545. The molecule has 2 aliphatic heterocycles. The van der Waals surface area contributed by atoms with Gasteiger partial charge in [0, 0.05) is 5.56 Å². The average molecular weight is 273 g/mol. The Morgan fingerprint density at radius 2 is 1.74 bits per heavy atom. The maximum absolute atomic E-state index is 12.0. The first-order chi connectivity index (χ1) is 9.22. The van der Waals surface area contributed by atoms with Crippen LogP contribution in [0.5, 0.6) is 5.75 Å². The predicted octanol–water partition coefficient (Wildman–Crippen LogP) is 3.38. The van der Waals surface area contributed by atoms with Crippen LogP contribution >= 0.6 is 11.6 Å². The van der Waals surface area contributed by atoms with Gasteiger partial charge in [-0.05, 0) is 12.1 Å². The number of halogens is 1. The van der Waals surface area contributed by atoms with Crippen molar-refractivity contribution in [3.05, 3.63) is 65.2 Å². The molecule has 2 aliphatic rings. The molecule has 0 saturated heterocycles. The number of hydrogen-bond acceptors (Lipinski definition) is 3. The number of esters is 1. The van der Waals surface area contributed by atoms with Crippen LogP contribution in [-0.4, -0.2) is 5.97 Å². The molecule has 2 aromatic rings. The number of hydrogen-bond donors (Lipinski definition) is 0. The second-order valence-corrected chi connectivity index (χ2v) is 5.04. The molecule has 0 N–H and O–H groups in total. The Kier molecular flexibility index (Phi) is 2.01. The van der Waals surface area contributed by atoms with Crippen LogP contribution in [0.2, 0.25) is 0 Å². The summed E-state index contributed by atoms with van der Waals surface area (Å²) in [5, 5.41) is -0.545.